The number of piperidine rings is 1. The van der Waals surface area contributed by atoms with E-state index in [4.69, 9.17) is 10.5 Å². The zero-order valence-corrected chi connectivity index (χ0v) is 19.7. The van der Waals surface area contributed by atoms with Crippen LogP contribution in [-0.2, 0) is 16.6 Å². The molecule has 0 aromatic heterocycles. The molecule has 29 heavy (non-hydrogen) atoms. The smallest absolute Gasteiger partial charge is 0.168 e. The van der Waals surface area contributed by atoms with E-state index in [1.54, 1.807) is 6.07 Å². The standard InChI is InChI=1S/C21H24N2O5.Pr/c22-19(26)12-8-21(27)14-7-11-3-4-13(24)17-15(11)20(21,18(28-17)16(12)25)5-6-23(14)9-10-1-2-10;/h3-4,10,14,18,27H,1-2,5-9H2,(H4,22,24,25,26);/p-1/t14-,18+,20+,21-;/m1./s1. The number of phenolic OH excluding ortho intramolecular Hbond substituents is 1. The number of likely N-dealkylation sites (tertiary alicyclic amines) is 1. The Morgan fingerprint density at radius 1 is 1.31 bits per heavy atom. The summed E-state index contributed by atoms with van der Waals surface area (Å²) in [4.78, 5) is 14.3. The minimum atomic E-state index is -1.32. The van der Waals surface area contributed by atoms with Gasteiger partial charge in [0, 0.05) is 71.4 Å². The molecule has 7 nitrogen and oxygen atoms in total. The van der Waals surface area contributed by atoms with Gasteiger partial charge in [0.25, 0.3) is 0 Å². The van der Waals surface area contributed by atoms with Crippen molar-refractivity contribution in [2.24, 2.45) is 5.92 Å². The van der Waals surface area contributed by atoms with Crippen LogP contribution in [0.25, 0.3) is 5.73 Å². The van der Waals surface area contributed by atoms with E-state index in [1.165, 1.54) is 12.8 Å². The van der Waals surface area contributed by atoms with E-state index >= 15 is 0 Å². The second-order valence-corrected chi connectivity index (χ2v) is 9.12. The van der Waals surface area contributed by atoms with Gasteiger partial charge in [-0.1, -0.05) is 6.07 Å². The summed E-state index contributed by atoms with van der Waals surface area (Å²) in [6, 6.07) is 3.28. The number of carbonyl (C=O) groups is 1. The number of amides is 1. The average molecular weight is 524 g/mol. The molecule has 0 unspecified atom stereocenters. The van der Waals surface area contributed by atoms with Crippen LogP contribution >= 0.6 is 0 Å². The number of aromatic hydroxyl groups is 1. The van der Waals surface area contributed by atoms with Gasteiger partial charge in [-0.05, 0) is 49.8 Å². The Labute approximate surface area is 201 Å². The summed E-state index contributed by atoms with van der Waals surface area (Å²) in [5, 5.41) is 33.4. The fourth-order valence-corrected chi connectivity index (χ4v) is 6.37. The van der Waals surface area contributed by atoms with E-state index < -0.39 is 23.0 Å². The number of nitrogens with one attached hydrogen (secondary N) is 1. The molecule has 2 bridgehead atoms. The summed E-state index contributed by atoms with van der Waals surface area (Å²) in [5.74, 6) is -0.296. The Hall–Kier alpha value is -0.886. The maximum absolute atomic E-state index is 12.2. The molecule has 1 aromatic carbocycles. The molecule has 4 N–H and O–H groups in total. The van der Waals surface area contributed by atoms with Crippen LogP contribution in [0.15, 0.2) is 23.5 Å². The summed E-state index contributed by atoms with van der Waals surface area (Å²) >= 11 is 0. The van der Waals surface area contributed by atoms with Gasteiger partial charge in [-0.2, -0.15) is 0 Å². The van der Waals surface area contributed by atoms with Gasteiger partial charge in [-0.25, -0.2) is 0 Å². The summed E-state index contributed by atoms with van der Waals surface area (Å²) in [7, 11) is 0. The van der Waals surface area contributed by atoms with Crippen molar-refractivity contribution < 1.29 is 66.1 Å². The van der Waals surface area contributed by atoms with Gasteiger partial charge in [0.2, 0.25) is 0 Å². The fourth-order valence-electron chi connectivity index (χ4n) is 6.37. The van der Waals surface area contributed by atoms with Crippen molar-refractivity contribution in [3.63, 3.8) is 0 Å². The Kier molecular flexibility index (Phi) is 4.36. The van der Waals surface area contributed by atoms with Crippen LogP contribution in [0.3, 0.4) is 0 Å². The Morgan fingerprint density at radius 3 is 2.76 bits per heavy atom. The molecule has 2 aliphatic heterocycles. The molecular weight excluding hydrogens is 501 g/mol. The molecule has 5 aliphatic rings. The van der Waals surface area contributed by atoms with Crippen LogP contribution in [-0.4, -0.2) is 57.0 Å². The number of hydrogen-bond donors (Lipinski definition) is 3. The van der Waals surface area contributed by atoms with Gasteiger partial charge in [0.1, 0.15) is 5.76 Å². The minimum absolute atomic E-state index is 0. The van der Waals surface area contributed by atoms with Gasteiger partial charge < -0.3 is 30.6 Å². The molecule has 1 radical (unpaired) electrons. The normalized spacial score (nSPS) is 36.9. The molecule has 2 fully saturated rings. The monoisotopic (exact) mass is 524 g/mol. The van der Waals surface area contributed by atoms with Crippen LogP contribution in [0.4, 0.5) is 0 Å². The van der Waals surface area contributed by atoms with Crippen LogP contribution in [0.1, 0.15) is 36.8 Å². The van der Waals surface area contributed by atoms with Crippen LogP contribution < -0.4 is 4.74 Å². The van der Waals surface area contributed by atoms with Crippen molar-refractivity contribution in [3.8, 4) is 11.5 Å². The van der Waals surface area contributed by atoms with Gasteiger partial charge in [-0.3, -0.25) is 4.90 Å². The number of phenols is 1. The largest absolute Gasteiger partial charge is 0.664 e. The molecule has 6 rings (SSSR count). The maximum Gasteiger partial charge on any atom is 0.168 e. The number of nitrogens with zero attached hydrogens (tertiary/aromatic N) is 1. The third-order valence-electron chi connectivity index (χ3n) is 7.79. The van der Waals surface area contributed by atoms with E-state index in [-0.39, 0.29) is 70.8 Å². The number of ether oxygens (including phenoxy) is 1. The van der Waals surface area contributed by atoms with Crippen LogP contribution in [0, 0.1) is 47.2 Å². The zero-order chi connectivity index (χ0) is 19.4. The molecule has 1 saturated carbocycles. The van der Waals surface area contributed by atoms with Crippen molar-refractivity contribution in [2.45, 2.75) is 55.3 Å². The fraction of sp³-hybridized carbons (Fsp3) is 0.571. The number of rotatable bonds is 3. The van der Waals surface area contributed by atoms with E-state index in [0.29, 0.717) is 24.5 Å². The van der Waals surface area contributed by atoms with Gasteiger partial charge in [0.15, 0.2) is 17.6 Å². The molecule has 2 heterocycles. The second-order valence-electron chi connectivity index (χ2n) is 9.12. The number of carbonyl (C=O) groups excluding carboxylic acids is 1. The number of benzene rings is 1. The van der Waals surface area contributed by atoms with Crippen LogP contribution in [0.5, 0.6) is 11.5 Å². The molecule has 8 heteroatoms. The van der Waals surface area contributed by atoms with Crippen molar-refractivity contribution in [2.75, 3.05) is 13.1 Å². The van der Waals surface area contributed by atoms with Gasteiger partial charge >= 0.3 is 0 Å². The molecule has 1 aromatic rings. The first-order valence-electron chi connectivity index (χ1n) is 10.0. The third kappa shape index (κ3) is 2.36. The molecule has 4 atom stereocenters. The summed E-state index contributed by atoms with van der Waals surface area (Å²) in [6.45, 7) is 1.70. The quantitative estimate of drug-likeness (QED) is 0.558. The first-order valence-corrected chi connectivity index (χ1v) is 10.0. The van der Waals surface area contributed by atoms with E-state index in [1.807, 2.05) is 6.07 Å². The number of hydrogen-bond acceptors (Lipinski definition) is 6. The Morgan fingerprint density at radius 2 is 2.07 bits per heavy atom. The van der Waals surface area contributed by atoms with E-state index in [2.05, 4.69) is 4.90 Å². The van der Waals surface area contributed by atoms with Gasteiger partial charge in [0.05, 0.1) is 16.9 Å². The molecule has 3 aliphatic carbocycles. The summed E-state index contributed by atoms with van der Waals surface area (Å²) in [6.07, 6.45) is 2.60. The summed E-state index contributed by atoms with van der Waals surface area (Å²) in [5.41, 5.74) is 7.13. The maximum atomic E-state index is 12.2. The average Bonchev–Trinajstić information content (AvgIpc) is 3.38. The molecule has 151 valence electrons. The molecular formula is C21H23N2O5Pr-. The number of aliphatic hydroxyl groups excluding tert-OH is 1. The second kappa shape index (κ2) is 6.31. The zero-order valence-electron chi connectivity index (χ0n) is 16.0. The van der Waals surface area contributed by atoms with Gasteiger partial charge in [-0.15, -0.1) is 0 Å². The van der Waals surface area contributed by atoms with Crippen molar-refractivity contribution >= 4 is 5.91 Å². The summed E-state index contributed by atoms with van der Waals surface area (Å²) < 4.78 is 6.02. The van der Waals surface area contributed by atoms with E-state index in [9.17, 15) is 20.1 Å². The minimum Gasteiger partial charge on any atom is -0.664 e. The molecule has 1 amide bonds. The predicted molar refractivity (Wildman–Crippen MR) is 99.2 cm³/mol. The topological polar surface area (TPSA) is 114 Å². The third-order valence-corrected chi connectivity index (χ3v) is 7.79. The van der Waals surface area contributed by atoms with E-state index in [0.717, 1.165) is 24.2 Å². The Bertz CT molecular complexity index is 961. The first kappa shape index (κ1) is 20.0. The van der Waals surface area contributed by atoms with Crippen molar-refractivity contribution in [1.29, 1.82) is 0 Å². The van der Waals surface area contributed by atoms with Crippen molar-refractivity contribution in [1.82, 2.24) is 4.90 Å². The molecule has 1 saturated heterocycles. The first-order chi connectivity index (χ1) is 13.4. The molecule has 1 spiro atoms. The Balaban J connectivity index is 0.00000181. The number of aliphatic hydroxyl groups is 2. The predicted octanol–water partition coefficient (Wildman–Crippen LogP) is 1.96. The SMILES string of the molecule is [NH-]C(=O)C1=C(O)[C@@H]2Oc3c(O)ccc4c3[C@@]23CCN(CC2CC2)[C@H](C4)[C@]3(O)C1.[Pr]. The van der Waals surface area contributed by atoms with Crippen molar-refractivity contribution in [3.05, 3.63) is 40.3 Å². The van der Waals surface area contributed by atoms with Crippen LogP contribution in [0.2, 0.25) is 0 Å².